The zero-order chi connectivity index (χ0) is 12.6. The minimum Gasteiger partial charge on any atom is -0.306 e. The fourth-order valence-corrected chi connectivity index (χ4v) is 4.39. The van der Waals surface area contributed by atoms with Crippen molar-refractivity contribution in [1.29, 1.82) is 0 Å². The molecule has 0 aromatic rings. The average Bonchev–Trinajstić information content (AvgIpc) is 3.01. The maximum Gasteiger partial charge on any atom is 0.0105 e. The van der Waals surface area contributed by atoms with E-state index in [0.29, 0.717) is 5.41 Å². The molecule has 0 radical (unpaired) electrons. The summed E-state index contributed by atoms with van der Waals surface area (Å²) in [5.41, 5.74) is 0.663. The third kappa shape index (κ3) is 2.59. The molecule has 3 heteroatoms. The summed E-state index contributed by atoms with van der Waals surface area (Å²) in [5, 5.41) is 0. The third-order valence-electron chi connectivity index (χ3n) is 5.60. The molecule has 3 aliphatic heterocycles. The Morgan fingerprint density at radius 1 is 1.06 bits per heavy atom. The molecule has 1 spiro atoms. The molecule has 0 bridgehead atoms. The van der Waals surface area contributed by atoms with Crippen LogP contribution in [0.25, 0.3) is 0 Å². The lowest BCUT2D eigenvalue weighted by molar-refractivity contribution is 0.223. The highest BCUT2D eigenvalue weighted by Gasteiger charge is 2.42. The van der Waals surface area contributed by atoms with E-state index >= 15 is 0 Å². The molecule has 0 aliphatic carbocycles. The molecule has 3 rings (SSSR count). The molecule has 2 atom stereocenters. The molecule has 3 fully saturated rings. The van der Waals surface area contributed by atoms with Crippen LogP contribution in [-0.4, -0.2) is 74.1 Å². The average molecular weight is 251 g/mol. The van der Waals surface area contributed by atoms with Crippen LogP contribution in [0.4, 0.5) is 0 Å². The van der Waals surface area contributed by atoms with E-state index in [1.54, 1.807) is 0 Å². The Kier molecular flexibility index (Phi) is 3.65. The molecule has 0 saturated carbocycles. The van der Waals surface area contributed by atoms with Gasteiger partial charge in [-0.15, -0.1) is 0 Å². The molecule has 104 valence electrons. The van der Waals surface area contributed by atoms with Crippen molar-refractivity contribution in [2.24, 2.45) is 5.41 Å². The lowest BCUT2D eigenvalue weighted by Gasteiger charge is -2.26. The van der Waals surface area contributed by atoms with Gasteiger partial charge in [-0.05, 0) is 77.8 Å². The van der Waals surface area contributed by atoms with Gasteiger partial charge in [-0.2, -0.15) is 0 Å². The molecule has 2 unspecified atom stereocenters. The van der Waals surface area contributed by atoms with Crippen LogP contribution in [0.1, 0.15) is 32.1 Å². The molecule has 0 aromatic carbocycles. The Labute approximate surface area is 112 Å². The van der Waals surface area contributed by atoms with Gasteiger partial charge < -0.3 is 14.7 Å². The number of rotatable bonds is 3. The number of nitrogens with zero attached hydrogens (tertiary/aromatic N) is 3. The molecule has 3 heterocycles. The van der Waals surface area contributed by atoms with E-state index < -0.39 is 0 Å². The standard InChI is InChI=1S/C15H29N3/c1-16-10-6-15(12-16)7-11-18(13-15)9-5-14-4-3-8-17(14)2/h14H,3-13H2,1-2H3. The first-order valence-electron chi connectivity index (χ1n) is 7.78. The Hall–Kier alpha value is -0.120. The second-order valence-electron chi connectivity index (χ2n) is 7.08. The third-order valence-corrected chi connectivity index (χ3v) is 5.60. The van der Waals surface area contributed by atoms with E-state index in [1.165, 1.54) is 71.4 Å². The molecular weight excluding hydrogens is 222 g/mol. The van der Waals surface area contributed by atoms with Crippen molar-refractivity contribution in [3.63, 3.8) is 0 Å². The van der Waals surface area contributed by atoms with Crippen molar-refractivity contribution in [1.82, 2.24) is 14.7 Å². The monoisotopic (exact) mass is 251 g/mol. The summed E-state index contributed by atoms with van der Waals surface area (Å²) >= 11 is 0. The van der Waals surface area contributed by atoms with E-state index in [-0.39, 0.29) is 0 Å². The van der Waals surface area contributed by atoms with Gasteiger partial charge in [0.05, 0.1) is 0 Å². The quantitative estimate of drug-likeness (QED) is 0.752. The van der Waals surface area contributed by atoms with Crippen LogP contribution >= 0.6 is 0 Å². The van der Waals surface area contributed by atoms with Gasteiger partial charge in [0, 0.05) is 19.1 Å². The van der Waals surface area contributed by atoms with Crippen molar-refractivity contribution < 1.29 is 0 Å². The van der Waals surface area contributed by atoms with Crippen molar-refractivity contribution in [2.45, 2.75) is 38.1 Å². The van der Waals surface area contributed by atoms with E-state index in [2.05, 4.69) is 28.8 Å². The minimum atomic E-state index is 0.663. The van der Waals surface area contributed by atoms with E-state index in [0.717, 1.165) is 6.04 Å². The molecule has 3 aliphatic rings. The summed E-state index contributed by atoms with van der Waals surface area (Å²) < 4.78 is 0. The van der Waals surface area contributed by atoms with Crippen molar-refractivity contribution in [3.8, 4) is 0 Å². The first-order valence-corrected chi connectivity index (χ1v) is 7.78. The Balaban J connectivity index is 1.45. The molecule has 0 N–H and O–H groups in total. The topological polar surface area (TPSA) is 9.72 Å². The highest BCUT2D eigenvalue weighted by molar-refractivity contribution is 4.96. The SMILES string of the molecule is CN1CCC2(CCN(CCC3CCCN3C)C2)C1. The molecular formula is C15H29N3. The van der Waals surface area contributed by atoms with Gasteiger partial charge in [-0.3, -0.25) is 0 Å². The second-order valence-corrected chi connectivity index (χ2v) is 7.08. The van der Waals surface area contributed by atoms with Crippen LogP contribution in [-0.2, 0) is 0 Å². The van der Waals surface area contributed by atoms with E-state index in [4.69, 9.17) is 0 Å². The summed E-state index contributed by atoms with van der Waals surface area (Å²) in [4.78, 5) is 7.83. The fourth-order valence-electron chi connectivity index (χ4n) is 4.39. The van der Waals surface area contributed by atoms with Crippen LogP contribution in [0.5, 0.6) is 0 Å². The lowest BCUT2D eigenvalue weighted by atomic mass is 9.86. The van der Waals surface area contributed by atoms with E-state index in [9.17, 15) is 0 Å². The summed E-state index contributed by atoms with van der Waals surface area (Å²) in [7, 11) is 4.58. The first kappa shape index (κ1) is 12.9. The van der Waals surface area contributed by atoms with Crippen LogP contribution < -0.4 is 0 Å². The van der Waals surface area contributed by atoms with Crippen LogP contribution in [0, 0.1) is 5.41 Å². The van der Waals surface area contributed by atoms with Crippen molar-refractivity contribution in [3.05, 3.63) is 0 Å². The van der Waals surface area contributed by atoms with Crippen molar-refractivity contribution >= 4 is 0 Å². The Morgan fingerprint density at radius 3 is 2.56 bits per heavy atom. The van der Waals surface area contributed by atoms with Crippen LogP contribution in [0.15, 0.2) is 0 Å². The number of hydrogen-bond acceptors (Lipinski definition) is 3. The summed E-state index contributed by atoms with van der Waals surface area (Å²) in [6.45, 7) is 8.03. The van der Waals surface area contributed by atoms with E-state index in [1.807, 2.05) is 0 Å². The highest BCUT2D eigenvalue weighted by Crippen LogP contribution is 2.39. The number of hydrogen-bond donors (Lipinski definition) is 0. The molecule has 3 saturated heterocycles. The molecule has 18 heavy (non-hydrogen) atoms. The normalized spacial score (nSPS) is 39.3. The van der Waals surface area contributed by atoms with Gasteiger partial charge in [-0.1, -0.05) is 0 Å². The smallest absolute Gasteiger partial charge is 0.0105 e. The van der Waals surface area contributed by atoms with Gasteiger partial charge in [0.2, 0.25) is 0 Å². The number of likely N-dealkylation sites (tertiary alicyclic amines) is 3. The Morgan fingerprint density at radius 2 is 1.89 bits per heavy atom. The second kappa shape index (κ2) is 5.10. The zero-order valence-electron chi connectivity index (χ0n) is 12.2. The summed E-state index contributed by atoms with van der Waals surface area (Å²) in [6, 6.07) is 0.868. The predicted octanol–water partition coefficient (Wildman–Crippen LogP) is 1.50. The van der Waals surface area contributed by atoms with Crippen LogP contribution in [0.3, 0.4) is 0 Å². The largest absolute Gasteiger partial charge is 0.306 e. The zero-order valence-corrected chi connectivity index (χ0v) is 12.2. The first-order chi connectivity index (χ1) is 8.67. The van der Waals surface area contributed by atoms with Gasteiger partial charge in [0.15, 0.2) is 0 Å². The molecule has 0 amide bonds. The van der Waals surface area contributed by atoms with Gasteiger partial charge in [0.1, 0.15) is 0 Å². The summed E-state index contributed by atoms with van der Waals surface area (Å²) in [5.74, 6) is 0. The molecule has 3 nitrogen and oxygen atoms in total. The predicted molar refractivity (Wildman–Crippen MR) is 75.9 cm³/mol. The van der Waals surface area contributed by atoms with Crippen LogP contribution in [0.2, 0.25) is 0 Å². The summed E-state index contributed by atoms with van der Waals surface area (Å²) in [6.07, 6.45) is 7.11. The maximum atomic E-state index is 2.74. The highest BCUT2D eigenvalue weighted by atomic mass is 15.2. The minimum absolute atomic E-state index is 0.663. The fraction of sp³-hybridized carbons (Fsp3) is 1.00. The van der Waals surface area contributed by atoms with Crippen molar-refractivity contribution in [2.75, 3.05) is 53.4 Å². The van der Waals surface area contributed by atoms with Gasteiger partial charge in [-0.25, -0.2) is 0 Å². The van der Waals surface area contributed by atoms with Gasteiger partial charge >= 0.3 is 0 Å². The lowest BCUT2D eigenvalue weighted by Crippen LogP contribution is -2.33. The Bertz CT molecular complexity index is 293. The van der Waals surface area contributed by atoms with Gasteiger partial charge in [0.25, 0.3) is 0 Å². The molecule has 0 aromatic heterocycles. The maximum absolute atomic E-state index is 2.74.